The Hall–Kier alpha value is -0.710. The maximum atomic E-state index is 12.3. The second kappa shape index (κ2) is 7.24. The molecule has 0 saturated carbocycles. The van der Waals surface area contributed by atoms with Gasteiger partial charge in [0.1, 0.15) is 0 Å². The van der Waals surface area contributed by atoms with Crippen LogP contribution in [0.2, 0.25) is 0 Å². The maximum Gasteiger partial charge on any atom is 0.281 e. The molecule has 1 fully saturated rings. The molecule has 0 aliphatic carbocycles. The van der Waals surface area contributed by atoms with E-state index in [1.165, 1.54) is 22.7 Å². The number of halogens is 1. The summed E-state index contributed by atoms with van der Waals surface area (Å²) in [6.45, 7) is 0.760. The zero-order valence-corrected chi connectivity index (χ0v) is 15.6. The van der Waals surface area contributed by atoms with Crippen molar-refractivity contribution < 1.29 is 13.2 Å². The smallest absolute Gasteiger partial charge is 0.281 e. The van der Waals surface area contributed by atoms with Crippen LogP contribution < -0.4 is 5.32 Å². The van der Waals surface area contributed by atoms with Gasteiger partial charge < -0.3 is 5.32 Å². The lowest BCUT2D eigenvalue weighted by atomic mass is 9.97. The van der Waals surface area contributed by atoms with Gasteiger partial charge in [-0.3, -0.25) is 4.79 Å². The van der Waals surface area contributed by atoms with E-state index in [-0.39, 0.29) is 11.8 Å². The van der Waals surface area contributed by atoms with Crippen LogP contribution in [-0.4, -0.2) is 50.1 Å². The summed E-state index contributed by atoms with van der Waals surface area (Å²) in [5.74, 6) is -0.184. The van der Waals surface area contributed by atoms with Crippen LogP contribution in [0.15, 0.2) is 24.3 Å². The number of hydrogen-bond donors (Lipinski definition) is 1. The summed E-state index contributed by atoms with van der Waals surface area (Å²) in [7, 11) is -0.341. The molecule has 0 radical (unpaired) electrons. The first-order chi connectivity index (χ1) is 10.3. The molecule has 8 heteroatoms. The predicted molar refractivity (Wildman–Crippen MR) is 94.7 cm³/mol. The molecule has 1 aromatic carbocycles. The molecule has 2 rings (SSSR count). The maximum absolute atomic E-state index is 12.3. The van der Waals surface area contributed by atoms with Crippen LogP contribution in [0.5, 0.6) is 0 Å². The monoisotopic (exact) mass is 437 g/mol. The third kappa shape index (κ3) is 4.18. The number of piperidine rings is 1. The van der Waals surface area contributed by atoms with Crippen molar-refractivity contribution in [2.24, 2.45) is 5.92 Å². The molecule has 6 nitrogen and oxygen atoms in total. The highest BCUT2D eigenvalue weighted by molar-refractivity contribution is 14.1. The second-order valence-electron chi connectivity index (χ2n) is 5.46. The van der Waals surface area contributed by atoms with Crippen molar-refractivity contribution in [3.8, 4) is 0 Å². The van der Waals surface area contributed by atoms with Gasteiger partial charge in [0.25, 0.3) is 10.2 Å². The summed E-state index contributed by atoms with van der Waals surface area (Å²) in [6, 6.07) is 7.60. The van der Waals surface area contributed by atoms with Crippen molar-refractivity contribution in [1.82, 2.24) is 8.61 Å². The number of carbonyl (C=O) groups is 1. The molecule has 1 N–H and O–H groups in total. The molecule has 0 spiro atoms. The first-order valence-corrected chi connectivity index (χ1v) is 9.52. The number of hydrogen-bond acceptors (Lipinski definition) is 3. The first kappa shape index (κ1) is 17.6. The van der Waals surface area contributed by atoms with E-state index in [9.17, 15) is 13.2 Å². The van der Waals surface area contributed by atoms with Gasteiger partial charge in [-0.15, -0.1) is 0 Å². The highest BCUT2D eigenvalue weighted by Crippen LogP contribution is 2.22. The second-order valence-corrected chi connectivity index (χ2v) is 8.85. The highest BCUT2D eigenvalue weighted by Gasteiger charge is 2.32. The predicted octanol–water partition coefficient (Wildman–Crippen LogP) is 1.75. The molecule has 22 heavy (non-hydrogen) atoms. The van der Waals surface area contributed by atoms with Crippen LogP contribution in [0.4, 0.5) is 5.69 Å². The van der Waals surface area contributed by atoms with Crippen LogP contribution in [0.3, 0.4) is 0 Å². The molecular weight excluding hydrogens is 417 g/mol. The van der Waals surface area contributed by atoms with Crippen LogP contribution in [-0.2, 0) is 15.0 Å². The molecule has 1 heterocycles. The third-order valence-corrected chi connectivity index (χ3v) is 6.38. The van der Waals surface area contributed by atoms with E-state index < -0.39 is 10.2 Å². The van der Waals surface area contributed by atoms with Gasteiger partial charge in [0, 0.05) is 42.4 Å². The standard InChI is InChI=1S/C14H20IN3O3S/c1-17(2)22(20,21)18-9-7-11(8-10-18)14(19)16-13-5-3-12(15)4-6-13/h3-6,11H,7-10H2,1-2H3,(H,16,19). The van der Waals surface area contributed by atoms with Gasteiger partial charge in [-0.05, 0) is 59.7 Å². The van der Waals surface area contributed by atoms with E-state index in [2.05, 4.69) is 27.9 Å². The van der Waals surface area contributed by atoms with Gasteiger partial charge in [0.05, 0.1) is 0 Å². The fourth-order valence-electron chi connectivity index (χ4n) is 2.36. The molecular formula is C14H20IN3O3S. The summed E-state index contributed by atoms with van der Waals surface area (Å²) in [4.78, 5) is 12.3. The number of carbonyl (C=O) groups excluding carboxylic acids is 1. The molecule has 0 atom stereocenters. The minimum atomic E-state index is -3.38. The highest BCUT2D eigenvalue weighted by atomic mass is 127. The van der Waals surface area contributed by atoms with Gasteiger partial charge in [-0.2, -0.15) is 17.0 Å². The number of nitrogens with zero attached hydrogens (tertiary/aromatic N) is 2. The lowest BCUT2D eigenvalue weighted by Gasteiger charge is -2.32. The van der Waals surface area contributed by atoms with Crippen molar-refractivity contribution in [2.75, 3.05) is 32.5 Å². The van der Waals surface area contributed by atoms with Crippen molar-refractivity contribution in [2.45, 2.75) is 12.8 Å². The fourth-order valence-corrected chi connectivity index (χ4v) is 3.85. The van der Waals surface area contributed by atoms with Crippen LogP contribution in [0.1, 0.15) is 12.8 Å². The van der Waals surface area contributed by atoms with E-state index in [0.29, 0.717) is 25.9 Å². The minimum absolute atomic E-state index is 0.0388. The van der Waals surface area contributed by atoms with E-state index in [1.54, 1.807) is 0 Å². The summed E-state index contributed by atoms with van der Waals surface area (Å²) >= 11 is 2.21. The third-order valence-electron chi connectivity index (χ3n) is 3.72. The van der Waals surface area contributed by atoms with Crippen molar-refractivity contribution in [3.63, 3.8) is 0 Å². The summed E-state index contributed by atoms with van der Waals surface area (Å²) in [5.41, 5.74) is 0.772. The molecule has 0 aromatic heterocycles. The fraction of sp³-hybridized carbons (Fsp3) is 0.500. The Morgan fingerprint density at radius 3 is 2.27 bits per heavy atom. The molecule has 1 aliphatic heterocycles. The zero-order valence-electron chi connectivity index (χ0n) is 12.6. The van der Waals surface area contributed by atoms with Gasteiger partial charge in [0.2, 0.25) is 5.91 Å². The zero-order chi connectivity index (χ0) is 16.3. The Kier molecular flexibility index (Phi) is 5.81. The van der Waals surface area contributed by atoms with Gasteiger partial charge in [-0.1, -0.05) is 0 Å². The molecule has 1 amide bonds. The number of nitrogens with one attached hydrogen (secondary N) is 1. The van der Waals surface area contributed by atoms with Gasteiger partial charge in [0.15, 0.2) is 0 Å². The molecule has 1 aliphatic rings. The van der Waals surface area contributed by atoms with Crippen molar-refractivity contribution in [1.29, 1.82) is 0 Å². The Labute approximate surface area is 145 Å². The Balaban J connectivity index is 1.91. The van der Waals surface area contributed by atoms with E-state index in [1.807, 2.05) is 24.3 Å². The number of rotatable bonds is 4. The average Bonchev–Trinajstić information content (AvgIpc) is 2.49. The lowest BCUT2D eigenvalue weighted by molar-refractivity contribution is -0.120. The largest absolute Gasteiger partial charge is 0.326 e. The topological polar surface area (TPSA) is 69.7 Å². The number of amides is 1. The Morgan fingerprint density at radius 1 is 1.23 bits per heavy atom. The van der Waals surface area contributed by atoms with Crippen molar-refractivity contribution in [3.05, 3.63) is 27.8 Å². The molecule has 1 aromatic rings. The molecule has 0 bridgehead atoms. The summed E-state index contributed by atoms with van der Waals surface area (Å²) in [6.07, 6.45) is 1.09. The van der Waals surface area contributed by atoms with Crippen LogP contribution in [0.25, 0.3) is 0 Å². The summed E-state index contributed by atoms with van der Waals surface area (Å²) < 4.78 is 27.8. The van der Waals surface area contributed by atoms with E-state index in [0.717, 1.165) is 9.26 Å². The summed E-state index contributed by atoms with van der Waals surface area (Å²) in [5, 5.41) is 2.89. The number of benzene rings is 1. The normalized spacial score (nSPS) is 17.6. The lowest BCUT2D eigenvalue weighted by Crippen LogP contribution is -2.46. The quantitative estimate of drug-likeness (QED) is 0.730. The van der Waals surface area contributed by atoms with Gasteiger partial charge in [-0.25, -0.2) is 0 Å². The Bertz CT molecular complexity index is 623. The molecule has 0 unspecified atom stereocenters. The SMILES string of the molecule is CN(C)S(=O)(=O)N1CCC(C(=O)Nc2ccc(I)cc2)CC1. The Morgan fingerprint density at radius 2 is 1.77 bits per heavy atom. The van der Waals surface area contributed by atoms with E-state index in [4.69, 9.17) is 0 Å². The van der Waals surface area contributed by atoms with E-state index >= 15 is 0 Å². The average molecular weight is 437 g/mol. The van der Waals surface area contributed by atoms with Gasteiger partial charge >= 0.3 is 0 Å². The first-order valence-electron chi connectivity index (χ1n) is 7.05. The van der Waals surface area contributed by atoms with Crippen molar-refractivity contribution >= 4 is 44.4 Å². The molecule has 1 saturated heterocycles. The minimum Gasteiger partial charge on any atom is -0.326 e. The molecule has 122 valence electrons. The number of anilines is 1. The van der Waals surface area contributed by atoms with Crippen LogP contribution in [0, 0.1) is 9.49 Å². The van der Waals surface area contributed by atoms with Crippen LogP contribution >= 0.6 is 22.6 Å².